The predicted molar refractivity (Wildman–Crippen MR) is 68.2 cm³/mol. The molecule has 102 valence electrons. The van der Waals surface area contributed by atoms with Crippen LogP contribution in [-0.4, -0.2) is 14.5 Å². The summed E-state index contributed by atoms with van der Waals surface area (Å²) in [4.78, 5) is -0.283. The number of nitrogens with one attached hydrogen (secondary N) is 1. The molecule has 0 saturated heterocycles. The van der Waals surface area contributed by atoms with E-state index in [9.17, 15) is 12.8 Å². The van der Waals surface area contributed by atoms with Gasteiger partial charge < -0.3 is 0 Å². The zero-order chi connectivity index (χ0) is 14.0. The van der Waals surface area contributed by atoms with E-state index in [0.717, 1.165) is 25.3 Å². The van der Waals surface area contributed by atoms with Crippen molar-refractivity contribution < 1.29 is 12.8 Å². The number of nitrogens with zero attached hydrogens (tertiary/aromatic N) is 1. The molecule has 0 spiro atoms. The Morgan fingerprint density at radius 2 is 2.16 bits per heavy atom. The Labute approximate surface area is 112 Å². The van der Waals surface area contributed by atoms with Crippen LogP contribution in [0.15, 0.2) is 23.1 Å². The molecule has 0 heterocycles. The minimum Gasteiger partial charge on any atom is -0.208 e. The molecule has 1 aliphatic carbocycles. The molecule has 1 aromatic rings. The second-order valence-corrected chi connectivity index (χ2v) is 6.64. The van der Waals surface area contributed by atoms with Gasteiger partial charge in [0.25, 0.3) is 0 Å². The summed E-state index contributed by atoms with van der Waals surface area (Å²) in [6.45, 7) is 2.07. The summed E-state index contributed by atoms with van der Waals surface area (Å²) in [6.07, 6.45) is 2.52. The van der Waals surface area contributed by atoms with Crippen LogP contribution >= 0.6 is 0 Å². The average Bonchev–Trinajstić information content (AvgIpc) is 2.73. The second kappa shape index (κ2) is 5.27. The molecule has 2 rings (SSSR count). The van der Waals surface area contributed by atoms with Gasteiger partial charge in [0.2, 0.25) is 10.0 Å². The Hall–Kier alpha value is -1.45. The molecular weight excluding hydrogens is 267 g/mol. The van der Waals surface area contributed by atoms with Crippen LogP contribution in [0.5, 0.6) is 0 Å². The van der Waals surface area contributed by atoms with Gasteiger partial charge in [-0.05, 0) is 37.3 Å². The molecule has 0 aromatic heterocycles. The van der Waals surface area contributed by atoms with Gasteiger partial charge in [-0.2, -0.15) is 5.26 Å². The van der Waals surface area contributed by atoms with Crippen LogP contribution in [0.25, 0.3) is 0 Å². The van der Waals surface area contributed by atoms with Crippen molar-refractivity contribution in [3.05, 3.63) is 29.6 Å². The van der Waals surface area contributed by atoms with Gasteiger partial charge in [0.05, 0.1) is 0 Å². The van der Waals surface area contributed by atoms with Gasteiger partial charge in [-0.3, -0.25) is 0 Å². The molecule has 6 heteroatoms. The standard InChI is InChI=1S/C13H15FN2O2S/c1-9-5-6-10(7-9)16-19(17,18)13-4-2-3-12(14)11(13)8-15/h2-4,9-10,16H,5-7H2,1H3. The first-order valence-electron chi connectivity index (χ1n) is 6.15. The number of nitriles is 1. The summed E-state index contributed by atoms with van der Waals surface area (Å²) in [7, 11) is -3.84. The molecule has 0 radical (unpaired) electrons. The molecular formula is C13H15FN2O2S. The Morgan fingerprint density at radius 1 is 1.42 bits per heavy atom. The van der Waals surface area contributed by atoms with Gasteiger partial charge in [0.1, 0.15) is 22.3 Å². The van der Waals surface area contributed by atoms with Gasteiger partial charge >= 0.3 is 0 Å². The highest BCUT2D eigenvalue weighted by Crippen LogP contribution is 2.27. The summed E-state index contributed by atoms with van der Waals surface area (Å²) < 4.78 is 40.4. The quantitative estimate of drug-likeness (QED) is 0.923. The topological polar surface area (TPSA) is 70.0 Å². The molecule has 2 atom stereocenters. The van der Waals surface area contributed by atoms with Crippen molar-refractivity contribution >= 4 is 10.0 Å². The van der Waals surface area contributed by atoms with Gasteiger partial charge in [0, 0.05) is 6.04 Å². The zero-order valence-electron chi connectivity index (χ0n) is 10.6. The van der Waals surface area contributed by atoms with E-state index >= 15 is 0 Å². The van der Waals surface area contributed by atoms with Crippen LogP contribution in [0.2, 0.25) is 0 Å². The maximum absolute atomic E-state index is 13.4. The van der Waals surface area contributed by atoms with Crippen molar-refractivity contribution in [2.75, 3.05) is 0 Å². The van der Waals surface area contributed by atoms with Crippen molar-refractivity contribution in [3.8, 4) is 6.07 Å². The Bertz CT molecular complexity index is 622. The van der Waals surface area contributed by atoms with E-state index in [4.69, 9.17) is 5.26 Å². The van der Waals surface area contributed by atoms with Crippen LogP contribution in [0.1, 0.15) is 31.7 Å². The van der Waals surface area contributed by atoms with E-state index in [0.29, 0.717) is 5.92 Å². The molecule has 4 nitrogen and oxygen atoms in total. The fourth-order valence-corrected chi connectivity index (χ4v) is 3.88. The summed E-state index contributed by atoms with van der Waals surface area (Å²) in [6, 6.07) is 5.10. The van der Waals surface area contributed by atoms with Gasteiger partial charge in [-0.15, -0.1) is 0 Å². The fourth-order valence-electron chi connectivity index (χ4n) is 2.43. The molecule has 1 aromatic carbocycles. The van der Waals surface area contributed by atoms with Crippen LogP contribution in [0.4, 0.5) is 4.39 Å². The number of sulfonamides is 1. The van der Waals surface area contributed by atoms with E-state index in [2.05, 4.69) is 11.6 Å². The van der Waals surface area contributed by atoms with Gasteiger partial charge in [0.15, 0.2) is 0 Å². The largest absolute Gasteiger partial charge is 0.242 e. The zero-order valence-corrected chi connectivity index (χ0v) is 11.4. The van der Waals surface area contributed by atoms with Crippen molar-refractivity contribution in [3.63, 3.8) is 0 Å². The highest BCUT2D eigenvalue weighted by molar-refractivity contribution is 7.89. The molecule has 1 N–H and O–H groups in total. The number of hydrogen-bond acceptors (Lipinski definition) is 3. The van der Waals surface area contributed by atoms with E-state index in [-0.39, 0.29) is 10.9 Å². The SMILES string of the molecule is CC1CCC(NS(=O)(=O)c2cccc(F)c2C#N)C1. The lowest BCUT2D eigenvalue weighted by Crippen LogP contribution is -2.33. The lowest BCUT2D eigenvalue weighted by molar-refractivity contribution is 0.536. The molecule has 0 bridgehead atoms. The highest BCUT2D eigenvalue weighted by Gasteiger charge is 2.28. The summed E-state index contributed by atoms with van der Waals surface area (Å²) in [5.41, 5.74) is -0.430. The normalized spacial score (nSPS) is 23.2. The Morgan fingerprint density at radius 3 is 2.74 bits per heavy atom. The first-order valence-corrected chi connectivity index (χ1v) is 7.63. The van der Waals surface area contributed by atoms with Crippen molar-refractivity contribution in [1.82, 2.24) is 4.72 Å². The third kappa shape index (κ3) is 2.94. The Balaban J connectivity index is 2.30. The molecule has 0 aliphatic heterocycles. The third-order valence-corrected chi connectivity index (χ3v) is 4.96. The van der Waals surface area contributed by atoms with Crippen LogP contribution in [0, 0.1) is 23.1 Å². The van der Waals surface area contributed by atoms with Crippen LogP contribution in [-0.2, 0) is 10.0 Å². The first-order chi connectivity index (χ1) is 8.94. The smallest absolute Gasteiger partial charge is 0.208 e. The van der Waals surface area contributed by atoms with Crippen LogP contribution < -0.4 is 4.72 Å². The first kappa shape index (κ1) is 14.0. The maximum Gasteiger partial charge on any atom is 0.242 e. The highest BCUT2D eigenvalue weighted by atomic mass is 32.2. The lowest BCUT2D eigenvalue weighted by atomic mass is 10.1. The number of hydrogen-bond donors (Lipinski definition) is 1. The third-order valence-electron chi connectivity index (χ3n) is 3.39. The van der Waals surface area contributed by atoms with Crippen molar-refractivity contribution in [2.45, 2.75) is 37.1 Å². The van der Waals surface area contributed by atoms with E-state index in [1.54, 1.807) is 6.07 Å². The number of benzene rings is 1. The maximum atomic E-state index is 13.4. The van der Waals surface area contributed by atoms with E-state index in [1.165, 1.54) is 12.1 Å². The van der Waals surface area contributed by atoms with Gasteiger partial charge in [-0.1, -0.05) is 13.0 Å². The number of rotatable bonds is 3. The molecule has 2 unspecified atom stereocenters. The van der Waals surface area contributed by atoms with E-state index in [1.807, 2.05) is 0 Å². The molecule has 19 heavy (non-hydrogen) atoms. The monoisotopic (exact) mass is 282 g/mol. The minimum absolute atomic E-state index is 0.130. The number of halogens is 1. The van der Waals surface area contributed by atoms with Crippen LogP contribution in [0.3, 0.4) is 0 Å². The lowest BCUT2D eigenvalue weighted by Gasteiger charge is -2.14. The van der Waals surface area contributed by atoms with Crippen molar-refractivity contribution in [2.24, 2.45) is 5.92 Å². The van der Waals surface area contributed by atoms with Crippen molar-refractivity contribution in [1.29, 1.82) is 5.26 Å². The van der Waals surface area contributed by atoms with E-state index < -0.39 is 21.4 Å². The fraction of sp³-hybridized carbons (Fsp3) is 0.462. The summed E-state index contributed by atoms with van der Waals surface area (Å²) in [5.74, 6) is -0.333. The second-order valence-electron chi connectivity index (χ2n) is 4.96. The van der Waals surface area contributed by atoms with Gasteiger partial charge in [-0.25, -0.2) is 17.5 Å². The Kier molecular flexibility index (Phi) is 3.88. The predicted octanol–water partition coefficient (Wildman–Crippen LogP) is 2.16. The summed E-state index contributed by atoms with van der Waals surface area (Å²) in [5, 5.41) is 8.88. The molecule has 1 fully saturated rings. The molecule has 1 saturated carbocycles. The molecule has 0 amide bonds. The minimum atomic E-state index is -3.84. The molecule has 1 aliphatic rings. The average molecular weight is 282 g/mol. The summed E-state index contributed by atoms with van der Waals surface area (Å²) >= 11 is 0.